The van der Waals surface area contributed by atoms with Crippen LogP contribution in [-0.2, 0) is 6.54 Å². The summed E-state index contributed by atoms with van der Waals surface area (Å²) in [4.78, 5) is 22.0. The SMILES string of the molecule is N#Cc1ccc(C(=O)Cn2cc(Br)c([N+](=O)[O-])n2)cc1. The second kappa shape index (κ2) is 5.63. The van der Waals surface area contributed by atoms with Gasteiger partial charge in [-0.25, -0.2) is 0 Å². The highest BCUT2D eigenvalue weighted by molar-refractivity contribution is 9.10. The molecule has 100 valence electrons. The third-order valence-corrected chi connectivity index (χ3v) is 3.07. The maximum atomic E-state index is 12.0. The molecule has 1 aromatic carbocycles. The third kappa shape index (κ3) is 2.89. The van der Waals surface area contributed by atoms with E-state index in [4.69, 9.17) is 5.26 Å². The Labute approximate surface area is 121 Å². The highest BCUT2D eigenvalue weighted by Crippen LogP contribution is 2.22. The molecule has 0 saturated carbocycles. The quantitative estimate of drug-likeness (QED) is 0.485. The van der Waals surface area contributed by atoms with Crippen LogP contribution in [0.15, 0.2) is 34.9 Å². The zero-order valence-electron chi connectivity index (χ0n) is 9.99. The minimum absolute atomic E-state index is 0.113. The lowest BCUT2D eigenvalue weighted by molar-refractivity contribution is -0.390. The normalized spacial score (nSPS) is 10.0. The molecule has 0 saturated heterocycles. The third-order valence-electron chi connectivity index (χ3n) is 2.51. The lowest BCUT2D eigenvalue weighted by atomic mass is 10.1. The van der Waals surface area contributed by atoms with Crippen molar-refractivity contribution in [1.29, 1.82) is 5.26 Å². The molecule has 1 heterocycles. The van der Waals surface area contributed by atoms with Gasteiger partial charge in [0.15, 0.2) is 5.78 Å². The number of hydrogen-bond donors (Lipinski definition) is 0. The lowest BCUT2D eigenvalue weighted by Crippen LogP contribution is -2.11. The van der Waals surface area contributed by atoms with Crippen LogP contribution in [0.1, 0.15) is 15.9 Å². The summed E-state index contributed by atoms with van der Waals surface area (Å²) in [6, 6.07) is 8.10. The maximum absolute atomic E-state index is 12.0. The van der Waals surface area contributed by atoms with Crippen molar-refractivity contribution < 1.29 is 9.72 Å². The number of carbonyl (C=O) groups excluding carboxylic acids is 1. The van der Waals surface area contributed by atoms with Gasteiger partial charge in [-0.15, -0.1) is 0 Å². The van der Waals surface area contributed by atoms with E-state index in [0.717, 1.165) is 0 Å². The summed E-state index contributed by atoms with van der Waals surface area (Å²) in [6.45, 7) is -0.113. The molecule has 2 aromatic rings. The van der Waals surface area contributed by atoms with E-state index in [1.807, 2.05) is 6.07 Å². The zero-order chi connectivity index (χ0) is 14.7. The number of nitrogens with zero attached hydrogens (tertiary/aromatic N) is 4. The van der Waals surface area contributed by atoms with Crippen LogP contribution in [0.2, 0.25) is 0 Å². The predicted octanol–water partition coefficient (Wildman–Crippen LogP) is 2.31. The molecule has 0 bridgehead atoms. The highest BCUT2D eigenvalue weighted by Gasteiger charge is 2.20. The Morgan fingerprint density at radius 3 is 2.60 bits per heavy atom. The van der Waals surface area contributed by atoms with Gasteiger partial charge in [0.25, 0.3) is 0 Å². The number of halogens is 1. The summed E-state index contributed by atoms with van der Waals surface area (Å²) < 4.78 is 1.41. The molecule has 0 aliphatic rings. The number of hydrogen-bond acceptors (Lipinski definition) is 5. The Hall–Kier alpha value is -2.53. The molecule has 7 nitrogen and oxygen atoms in total. The summed E-state index contributed by atoms with van der Waals surface area (Å²) in [5, 5.41) is 23.0. The van der Waals surface area contributed by atoms with E-state index in [1.165, 1.54) is 35.1 Å². The van der Waals surface area contributed by atoms with Crippen LogP contribution in [0.3, 0.4) is 0 Å². The predicted molar refractivity (Wildman–Crippen MR) is 72.1 cm³/mol. The number of carbonyl (C=O) groups is 1. The van der Waals surface area contributed by atoms with Gasteiger partial charge < -0.3 is 10.1 Å². The van der Waals surface area contributed by atoms with Gasteiger partial charge in [-0.05, 0) is 33.0 Å². The average molecular weight is 335 g/mol. The summed E-state index contributed by atoms with van der Waals surface area (Å²) in [5.41, 5.74) is 0.872. The summed E-state index contributed by atoms with van der Waals surface area (Å²) in [7, 11) is 0. The molecule has 0 N–H and O–H groups in total. The number of nitriles is 1. The minimum atomic E-state index is -0.632. The van der Waals surface area contributed by atoms with Gasteiger partial charge in [0.2, 0.25) is 0 Å². The van der Waals surface area contributed by atoms with Crippen LogP contribution >= 0.6 is 15.9 Å². The van der Waals surface area contributed by atoms with E-state index in [-0.39, 0.29) is 22.6 Å². The van der Waals surface area contributed by atoms with Gasteiger partial charge in [0.1, 0.15) is 11.0 Å². The zero-order valence-corrected chi connectivity index (χ0v) is 11.6. The Bertz CT molecular complexity index is 715. The number of rotatable bonds is 4. The highest BCUT2D eigenvalue weighted by atomic mass is 79.9. The first-order valence-corrected chi connectivity index (χ1v) is 6.21. The summed E-state index contributed by atoms with van der Waals surface area (Å²) in [5.74, 6) is -0.586. The topological polar surface area (TPSA) is 102 Å². The number of nitro groups is 1. The van der Waals surface area contributed by atoms with E-state index in [0.29, 0.717) is 11.1 Å². The van der Waals surface area contributed by atoms with Crippen LogP contribution in [0, 0.1) is 21.4 Å². The lowest BCUT2D eigenvalue weighted by Gasteiger charge is -1.98. The smallest absolute Gasteiger partial charge is 0.358 e. The van der Waals surface area contributed by atoms with E-state index in [1.54, 1.807) is 0 Å². The molecule has 0 unspecified atom stereocenters. The van der Waals surface area contributed by atoms with E-state index in [2.05, 4.69) is 21.0 Å². The molecule has 1 aromatic heterocycles. The molecule has 0 fully saturated rings. The van der Waals surface area contributed by atoms with Crippen LogP contribution in [0.4, 0.5) is 5.82 Å². The van der Waals surface area contributed by atoms with E-state index < -0.39 is 4.92 Å². The van der Waals surface area contributed by atoms with Crippen molar-refractivity contribution in [2.75, 3.05) is 0 Å². The van der Waals surface area contributed by atoms with Gasteiger partial charge in [0.05, 0.1) is 22.9 Å². The van der Waals surface area contributed by atoms with Crippen molar-refractivity contribution in [1.82, 2.24) is 9.78 Å². The van der Waals surface area contributed by atoms with Crippen molar-refractivity contribution in [3.05, 3.63) is 56.2 Å². The van der Waals surface area contributed by atoms with Crippen molar-refractivity contribution in [2.45, 2.75) is 6.54 Å². The van der Waals surface area contributed by atoms with Gasteiger partial charge in [-0.1, -0.05) is 12.1 Å². The Balaban J connectivity index is 2.17. The maximum Gasteiger partial charge on any atom is 0.404 e. The number of Topliss-reactive ketones (excluding diaryl/α,β-unsaturated/α-hetero) is 1. The van der Waals surface area contributed by atoms with E-state index in [9.17, 15) is 14.9 Å². The van der Waals surface area contributed by atoms with Crippen molar-refractivity contribution in [2.24, 2.45) is 0 Å². The Morgan fingerprint density at radius 1 is 1.45 bits per heavy atom. The molecule has 2 rings (SSSR count). The van der Waals surface area contributed by atoms with E-state index >= 15 is 0 Å². The molecule has 0 amide bonds. The van der Waals surface area contributed by atoms with Gasteiger partial charge in [0, 0.05) is 5.56 Å². The van der Waals surface area contributed by atoms with Gasteiger partial charge in [-0.2, -0.15) is 9.94 Å². The average Bonchev–Trinajstić information content (AvgIpc) is 2.79. The molecule has 0 spiro atoms. The number of benzene rings is 1. The molecule has 0 aliphatic heterocycles. The van der Waals surface area contributed by atoms with Crippen LogP contribution < -0.4 is 0 Å². The minimum Gasteiger partial charge on any atom is -0.358 e. The first-order chi connectivity index (χ1) is 9.51. The Morgan fingerprint density at radius 2 is 2.10 bits per heavy atom. The number of ketones is 1. The molecular weight excluding hydrogens is 328 g/mol. The van der Waals surface area contributed by atoms with Crippen LogP contribution in [0.25, 0.3) is 0 Å². The second-order valence-electron chi connectivity index (χ2n) is 3.87. The molecule has 8 heteroatoms. The van der Waals surface area contributed by atoms with Gasteiger partial charge >= 0.3 is 5.82 Å². The molecular formula is C12H7BrN4O3. The van der Waals surface area contributed by atoms with Crippen molar-refractivity contribution >= 4 is 27.5 Å². The van der Waals surface area contributed by atoms with Crippen molar-refractivity contribution in [3.63, 3.8) is 0 Å². The fraction of sp³-hybridized carbons (Fsp3) is 0.0833. The molecule has 0 aliphatic carbocycles. The van der Waals surface area contributed by atoms with Crippen molar-refractivity contribution in [3.8, 4) is 6.07 Å². The first-order valence-electron chi connectivity index (χ1n) is 5.42. The fourth-order valence-corrected chi connectivity index (χ4v) is 2.02. The summed E-state index contributed by atoms with van der Waals surface area (Å²) in [6.07, 6.45) is 1.37. The first kappa shape index (κ1) is 13.9. The summed E-state index contributed by atoms with van der Waals surface area (Å²) >= 11 is 3.01. The van der Waals surface area contributed by atoms with Gasteiger partial charge in [-0.3, -0.25) is 4.79 Å². The standard InChI is InChI=1S/C12H7BrN4O3/c13-10-6-16(15-12(10)17(19)20)7-11(18)9-3-1-8(5-14)2-4-9/h1-4,6H,7H2. The largest absolute Gasteiger partial charge is 0.404 e. The monoisotopic (exact) mass is 334 g/mol. The molecule has 0 radical (unpaired) electrons. The second-order valence-corrected chi connectivity index (χ2v) is 4.72. The number of aromatic nitrogens is 2. The van der Waals surface area contributed by atoms with Crippen LogP contribution in [-0.4, -0.2) is 20.5 Å². The molecule has 0 atom stereocenters. The van der Waals surface area contributed by atoms with Crippen LogP contribution in [0.5, 0.6) is 0 Å². The Kier molecular flexibility index (Phi) is 3.91. The fourth-order valence-electron chi connectivity index (χ4n) is 1.56. The molecule has 20 heavy (non-hydrogen) atoms.